The summed E-state index contributed by atoms with van der Waals surface area (Å²) in [5, 5.41) is 7.79. The number of sulfone groups is 1. The molecule has 10 nitrogen and oxygen atoms in total. The van der Waals surface area contributed by atoms with Gasteiger partial charge in [-0.2, -0.15) is 0 Å². The number of primary sulfonamides is 1. The minimum absolute atomic E-state index is 0. The summed E-state index contributed by atoms with van der Waals surface area (Å²) in [5.41, 5.74) is -0.348. The molecule has 1 saturated carbocycles. The number of anilines is 1. The van der Waals surface area contributed by atoms with Gasteiger partial charge in [0.1, 0.15) is 20.8 Å². The topological polar surface area (TPSA) is 177 Å². The minimum Gasteiger partial charge on any atom is -0.744 e. The Morgan fingerprint density at radius 1 is 1.03 bits per heavy atom. The van der Waals surface area contributed by atoms with E-state index in [1.165, 1.54) is 6.26 Å². The molecule has 0 aliphatic heterocycles. The smallest absolute Gasteiger partial charge is 0.744 e. The van der Waals surface area contributed by atoms with Gasteiger partial charge in [-0.3, -0.25) is 0 Å². The van der Waals surface area contributed by atoms with Gasteiger partial charge in [-0.1, -0.05) is 12.8 Å². The van der Waals surface area contributed by atoms with Crippen LogP contribution < -0.4 is 61.8 Å². The fraction of sp³-hybridized carbons (Fsp3) is 0.412. The number of hydrogen-bond donors (Lipinski definition) is 2. The van der Waals surface area contributed by atoms with Crippen molar-refractivity contribution in [3.63, 3.8) is 0 Å². The van der Waals surface area contributed by atoms with Crippen LogP contribution in [-0.2, 0) is 36.5 Å². The molecule has 0 radical (unpaired) electrons. The molecule has 3 N–H and O–H groups in total. The van der Waals surface area contributed by atoms with E-state index in [-0.39, 0.29) is 75.3 Å². The Morgan fingerprint density at radius 2 is 1.68 bits per heavy atom. The monoisotopic (exact) mass is 516 g/mol. The van der Waals surface area contributed by atoms with Crippen LogP contribution in [-0.4, -0.2) is 35.6 Å². The molecule has 1 aromatic carbocycles. The van der Waals surface area contributed by atoms with Crippen molar-refractivity contribution >= 4 is 35.7 Å². The third kappa shape index (κ3) is 6.85. The van der Waals surface area contributed by atoms with Crippen molar-refractivity contribution in [2.75, 3.05) is 11.1 Å². The number of sulfonamides is 1. The third-order valence-corrected chi connectivity index (χ3v) is 8.79. The molecule has 1 aliphatic carbocycles. The van der Waals surface area contributed by atoms with Crippen molar-refractivity contribution in [1.82, 2.24) is 0 Å². The standard InChI is InChI=1S/C17H22N2O8S3.K/c18-29(22,23)17-9-15(30(24,25)26)14(19-10-13-6-3-7-27-13)8-16(17)28(20,21)11-12-4-1-2-5-12;/h3,6-9,12,19H,1-2,4-5,10-11H2,(H2,18,22,23)(H,24,25,26);/q;+1/p-1. The van der Waals surface area contributed by atoms with Crippen LogP contribution in [0.4, 0.5) is 5.69 Å². The third-order valence-electron chi connectivity index (χ3n) is 4.92. The van der Waals surface area contributed by atoms with E-state index in [9.17, 15) is 29.8 Å². The number of nitrogens with one attached hydrogen (secondary N) is 1. The number of nitrogens with two attached hydrogens (primary N) is 1. The molecule has 3 rings (SSSR count). The molecular formula is C17H21KN2O8S3. The minimum atomic E-state index is -5.15. The molecule has 14 heteroatoms. The number of furan rings is 1. The summed E-state index contributed by atoms with van der Waals surface area (Å²) >= 11 is 0. The Hall–Kier alpha value is -0.294. The fourth-order valence-electron chi connectivity index (χ4n) is 3.52. The maximum Gasteiger partial charge on any atom is 1.00 e. The van der Waals surface area contributed by atoms with E-state index in [2.05, 4.69) is 5.32 Å². The average Bonchev–Trinajstić information content (AvgIpc) is 3.31. The van der Waals surface area contributed by atoms with Crippen LogP contribution in [0.3, 0.4) is 0 Å². The molecule has 2 aromatic rings. The SMILES string of the molecule is NS(=O)(=O)c1cc(S(=O)(=O)[O-])c(NCc2ccco2)cc1S(=O)(=O)CC1CCCC1.[K+]. The first-order chi connectivity index (χ1) is 13.9. The summed E-state index contributed by atoms with van der Waals surface area (Å²) in [6.07, 6.45) is 4.53. The van der Waals surface area contributed by atoms with Crippen molar-refractivity contribution in [3.8, 4) is 0 Å². The van der Waals surface area contributed by atoms with E-state index < -0.39 is 44.7 Å². The van der Waals surface area contributed by atoms with Gasteiger partial charge in [-0.15, -0.1) is 0 Å². The van der Waals surface area contributed by atoms with Crippen molar-refractivity contribution < 1.29 is 85.6 Å². The van der Waals surface area contributed by atoms with Gasteiger partial charge in [0.05, 0.1) is 34.0 Å². The van der Waals surface area contributed by atoms with Gasteiger partial charge < -0.3 is 14.3 Å². The van der Waals surface area contributed by atoms with E-state index >= 15 is 0 Å². The molecular weight excluding hydrogens is 495 g/mol. The largest absolute Gasteiger partial charge is 1.00 e. The number of rotatable bonds is 8. The van der Waals surface area contributed by atoms with E-state index in [4.69, 9.17) is 9.56 Å². The molecule has 166 valence electrons. The van der Waals surface area contributed by atoms with Crippen molar-refractivity contribution in [2.24, 2.45) is 11.1 Å². The molecule has 1 heterocycles. The second kappa shape index (κ2) is 10.3. The molecule has 1 aliphatic rings. The van der Waals surface area contributed by atoms with Crippen molar-refractivity contribution in [2.45, 2.75) is 46.9 Å². The number of hydrogen-bond acceptors (Lipinski definition) is 9. The van der Waals surface area contributed by atoms with Crippen LogP contribution in [0.15, 0.2) is 49.6 Å². The maximum atomic E-state index is 13.0. The van der Waals surface area contributed by atoms with Gasteiger partial charge in [0.25, 0.3) is 0 Å². The van der Waals surface area contributed by atoms with Gasteiger partial charge >= 0.3 is 51.4 Å². The average molecular weight is 517 g/mol. The fourth-order valence-corrected chi connectivity index (χ4v) is 7.41. The van der Waals surface area contributed by atoms with E-state index in [1.807, 2.05) is 0 Å². The van der Waals surface area contributed by atoms with Crippen LogP contribution in [0, 0.1) is 5.92 Å². The molecule has 0 atom stereocenters. The van der Waals surface area contributed by atoms with Gasteiger partial charge in [0, 0.05) is 0 Å². The van der Waals surface area contributed by atoms with Crippen molar-refractivity contribution in [3.05, 3.63) is 36.3 Å². The molecule has 1 aromatic heterocycles. The predicted octanol–water partition coefficient (Wildman–Crippen LogP) is -1.59. The Balaban J connectivity index is 0.00000341. The first kappa shape index (κ1) is 27.0. The quantitative estimate of drug-likeness (QED) is 0.309. The molecule has 0 saturated heterocycles. The Morgan fingerprint density at radius 3 is 2.19 bits per heavy atom. The first-order valence-corrected chi connectivity index (χ1v) is 13.6. The molecule has 0 amide bonds. The summed E-state index contributed by atoms with van der Waals surface area (Å²) in [4.78, 5) is -2.47. The van der Waals surface area contributed by atoms with E-state index in [1.54, 1.807) is 12.1 Å². The predicted molar refractivity (Wildman–Crippen MR) is 106 cm³/mol. The Labute approximate surface area is 224 Å². The molecule has 1 fully saturated rings. The second-order valence-corrected chi connectivity index (χ2v) is 12.0. The van der Waals surface area contributed by atoms with Crippen LogP contribution >= 0.6 is 0 Å². The van der Waals surface area contributed by atoms with Crippen LogP contribution in [0.2, 0.25) is 0 Å². The molecule has 31 heavy (non-hydrogen) atoms. The zero-order chi connectivity index (χ0) is 22.2. The molecule has 0 bridgehead atoms. The van der Waals surface area contributed by atoms with Gasteiger partial charge in [-0.05, 0) is 43.0 Å². The van der Waals surface area contributed by atoms with Crippen LogP contribution in [0.25, 0.3) is 0 Å². The second-order valence-electron chi connectivity index (χ2n) is 7.16. The maximum absolute atomic E-state index is 13.0. The Kier molecular flexibility index (Phi) is 8.97. The van der Waals surface area contributed by atoms with E-state index in [0.717, 1.165) is 18.9 Å². The summed E-state index contributed by atoms with van der Waals surface area (Å²) in [5.74, 6) is -0.0442. The summed E-state index contributed by atoms with van der Waals surface area (Å²) in [6, 6.07) is 4.51. The number of benzene rings is 1. The zero-order valence-electron chi connectivity index (χ0n) is 16.8. The summed E-state index contributed by atoms with van der Waals surface area (Å²) in [6.45, 7) is -0.0631. The van der Waals surface area contributed by atoms with E-state index in [0.29, 0.717) is 24.7 Å². The van der Waals surface area contributed by atoms with Gasteiger partial charge in [0.15, 0.2) is 9.84 Å². The Bertz CT molecular complexity index is 1230. The molecule has 0 spiro atoms. The summed E-state index contributed by atoms with van der Waals surface area (Å²) in [7, 11) is -13.9. The summed E-state index contributed by atoms with van der Waals surface area (Å²) < 4.78 is 90.4. The normalized spacial score (nSPS) is 15.5. The molecule has 0 unspecified atom stereocenters. The van der Waals surface area contributed by atoms with Crippen molar-refractivity contribution in [1.29, 1.82) is 0 Å². The van der Waals surface area contributed by atoms with Gasteiger partial charge in [0.2, 0.25) is 10.0 Å². The van der Waals surface area contributed by atoms with Crippen LogP contribution in [0.5, 0.6) is 0 Å². The zero-order valence-corrected chi connectivity index (χ0v) is 22.3. The van der Waals surface area contributed by atoms with Crippen LogP contribution in [0.1, 0.15) is 31.4 Å². The van der Waals surface area contributed by atoms with Gasteiger partial charge in [-0.25, -0.2) is 30.4 Å². The first-order valence-electron chi connectivity index (χ1n) is 9.04.